The molecule has 1 aliphatic heterocycles. The molecular weight excluding hydrogens is 293 g/mol. The molecule has 0 aliphatic carbocycles. The van der Waals surface area contributed by atoms with E-state index in [0.29, 0.717) is 30.8 Å². The average Bonchev–Trinajstić information content (AvgIpc) is 2.39. The monoisotopic (exact) mass is 315 g/mol. The summed E-state index contributed by atoms with van der Waals surface area (Å²) in [6.45, 7) is 6.67. The molecule has 118 valence electrons. The molecule has 1 aromatic carbocycles. The number of aryl methyl sites for hydroxylation is 1. The second-order valence-corrected chi connectivity index (χ2v) is 7.61. The van der Waals surface area contributed by atoms with E-state index in [1.807, 2.05) is 14.0 Å². The largest absolute Gasteiger partial charge is 0.396 e. The Morgan fingerprint density at radius 3 is 2.52 bits per heavy atom. The van der Waals surface area contributed by atoms with E-state index in [0.717, 1.165) is 0 Å². The van der Waals surface area contributed by atoms with E-state index in [1.54, 1.807) is 13.8 Å². The standard InChI is InChI=1S/C14H22FN3O2S/c1-9-7-12(15)13(16)11(3)14(9)21(19,20)18-6-5-17(4)10(2)8-18/h7,10H,5-6,8,16H2,1-4H3. The Hall–Kier alpha value is -1.18. The summed E-state index contributed by atoms with van der Waals surface area (Å²) in [7, 11) is -1.69. The Labute approximate surface area is 125 Å². The van der Waals surface area contributed by atoms with Crippen LogP contribution in [0.3, 0.4) is 0 Å². The van der Waals surface area contributed by atoms with Crippen LogP contribution in [0.25, 0.3) is 0 Å². The minimum absolute atomic E-state index is 0.0960. The van der Waals surface area contributed by atoms with Crippen LogP contribution in [0.4, 0.5) is 10.1 Å². The van der Waals surface area contributed by atoms with E-state index in [-0.39, 0.29) is 16.6 Å². The molecule has 5 nitrogen and oxygen atoms in total. The molecule has 1 fully saturated rings. The topological polar surface area (TPSA) is 66.6 Å². The molecule has 1 heterocycles. The number of benzene rings is 1. The first-order valence-corrected chi connectivity index (χ1v) is 8.35. The van der Waals surface area contributed by atoms with Crippen LogP contribution in [-0.2, 0) is 10.0 Å². The number of piperazine rings is 1. The third kappa shape index (κ3) is 2.77. The number of nitrogen functional groups attached to an aromatic ring is 1. The Bertz CT molecular complexity index is 661. The van der Waals surface area contributed by atoms with Gasteiger partial charge in [-0.05, 0) is 45.0 Å². The van der Waals surface area contributed by atoms with Gasteiger partial charge in [0.05, 0.1) is 10.6 Å². The van der Waals surface area contributed by atoms with Gasteiger partial charge in [-0.15, -0.1) is 0 Å². The molecular formula is C14H22FN3O2S. The van der Waals surface area contributed by atoms with Crippen molar-refractivity contribution >= 4 is 15.7 Å². The first-order chi connectivity index (χ1) is 9.66. The predicted molar refractivity (Wildman–Crippen MR) is 81.1 cm³/mol. The van der Waals surface area contributed by atoms with Gasteiger partial charge in [0.15, 0.2) is 0 Å². The molecule has 0 bridgehead atoms. The van der Waals surface area contributed by atoms with Crippen LogP contribution in [0.15, 0.2) is 11.0 Å². The maximum absolute atomic E-state index is 13.6. The fraction of sp³-hybridized carbons (Fsp3) is 0.571. The number of halogens is 1. The van der Waals surface area contributed by atoms with E-state index in [4.69, 9.17) is 5.73 Å². The summed E-state index contributed by atoms with van der Waals surface area (Å²) in [5.74, 6) is -0.573. The molecule has 0 radical (unpaired) electrons. The molecule has 0 aromatic heterocycles. The van der Waals surface area contributed by atoms with Crippen molar-refractivity contribution in [2.45, 2.75) is 31.7 Å². The van der Waals surface area contributed by atoms with E-state index < -0.39 is 15.8 Å². The van der Waals surface area contributed by atoms with E-state index in [2.05, 4.69) is 4.90 Å². The number of nitrogens with zero attached hydrogens (tertiary/aromatic N) is 2. The lowest BCUT2D eigenvalue weighted by molar-refractivity contribution is 0.159. The Morgan fingerprint density at radius 2 is 1.95 bits per heavy atom. The zero-order valence-electron chi connectivity index (χ0n) is 12.9. The molecule has 1 aromatic rings. The second-order valence-electron chi connectivity index (χ2n) is 5.74. The molecule has 0 spiro atoms. The highest BCUT2D eigenvalue weighted by Crippen LogP contribution is 2.30. The molecule has 2 rings (SSSR count). The lowest BCUT2D eigenvalue weighted by Crippen LogP contribution is -2.52. The highest BCUT2D eigenvalue weighted by molar-refractivity contribution is 7.89. The van der Waals surface area contributed by atoms with Crippen LogP contribution in [0.1, 0.15) is 18.1 Å². The highest BCUT2D eigenvalue weighted by Gasteiger charge is 2.33. The smallest absolute Gasteiger partial charge is 0.243 e. The summed E-state index contributed by atoms with van der Waals surface area (Å²) in [6.07, 6.45) is 0. The van der Waals surface area contributed by atoms with Crippen molar-refractivity contribution in [2.24, 2.45) is 0 Å². The predicted octanol–water partition coefficient (Wildman–Crippen LogP) is 1.35. The van der Waals surface area contributed by atoms with Crippen LogP contribution in [0.5, 0.6) is 0 Å². The van der Waals surface area contributed by atoms with Crippen molar-refractivity contribution in [3.8, 4) is 0 Å². The number of hydrogen-bond donors (Lipinski definition) is 1. The van der Waals surface area contributed by atoms with E-state index in [1.165, 1.54) is 10.4 Å². The van der Waals surface area contributed by atoms with Crippen LogP contribution in [0, 0.1) is 19.7 Å². The van der Waals surface area contributed by atoms with Gasteiger partial charge in [0.1, 0.15) is 5.82 Å². The highest BCUT2D eigenvalue weighted by atomic mass is 32.2. The number of anilines is 1. The van der Waals surface area contributed by atoms with Crippen molar-refractivity contribution in [2.75, 3.05) is 32.4 Å². The van der Waals surface area contributed by atoms with Gasteiger partial charge in [0, 0.05) is 25.7 Å². The maximum Gasteiger partial charge on any atom is 0.243 e. The number of nitrogens with two attached hydrogens (primary N) is 1. The van der Waals surface area contributed by atoms with Crippen molar-refractivity contribution < 1.29 is 12.8 Å². The van der Waals surface area contributed by atoms with Crippen LogP contribution in [0.2, 0.25) is 0 Å². The van der Waals surface area contributed by atoms with Crippen LogP contribution in [-0.4, -0.2) is 50.3 Å². The van der Waals surface area contributed by atoms with Crippen molar-refractivity contribution in [3.63, 3.8) is 0 Å². The number of sulfonamides is 1. The van der Waals surface area contributed by atoms with Gasteiger partial charge in [-0.25, -0.2) is 12.8 Å². The van der Waals surface area contributed by atoms with Gasteiger partial charge in [-0.2, -0.15) is 4.31 Å². The summed E-state index contributed by atoms with van der Waals surface area (Å²) in [5, 5.41) is 0. The van der Waals surface area contributed by atoms with Crippen molar-refractivity contribution in [1.29, 1.82) is 0 Å². The van der Waals surface area contributed by atoms with Crippen LogP contribution >= 0.6 is 0 Å². The normalized spacial score (nSPS) is 21.7. The van der Waals surface area contributed by atoms with Crippen molar-refractivity contribution in [3.05, 3.63) is 23.0 Å². The third-order valence-electron chi connectivity index (χ3n) is 4.22. The van der Waals surface area contributed by atoms with Gasteiger partial charge in [0.2, 0.25) is 10.0 Å². The first kappa shape index (κ1) is 16.2. The zero-order chi connectivity index (χ0) is 15.9. The minimum atomic E-state index is -3.66. The number of hydrogen-bond acceptors (Lipinski definition) is 4. The van der Waals surface area contributed by atoms with E-state index >= 15 is 0 Å². The number of likely N-dealkylation sites (N-methyl/N-ethyl adjacent to an activating group) is 1. The van der Waals surface area contributed by atoms with Gasteiger partial charge < -0.3 is 10.6 Å². The molecule has 0 saturated carbocycles. The molecule has 2 N–H and O–H groups in total. The quantitative estimate of drug-likeness (QED) is 0.837. The second kappa shape index (κ2) is 5.55. The van der Waals surface area contributed by atoms with Crippen LogP contribution < -0.4 is 5.73 Å². The summed E-state index contributed by atoms with van der Waals surface area (Å²) in [4.78, 5) is 2.25. The molecule has 1 saturated heterocycles. The Balaban J connectivity index is 2.48. The third-order valence-corrected chi connectivity index (χ3v) is 6.38. The summed E-state index contributed by atoms with van der Waals surface area (Å²) < 4.78 is 40.8. The Kier molecular flexibility index (Phi) is 4.28. The van der Waals surface area contributed by atoms with Crippen molar-refractivity contribution in [1.82, 2.24) is 9.21 Å². The molecule has 1 atom stereocenters. The summed E-state index contributed by atoms with van der Waals surface area (Å²) in [6, 6.07) is 1.33. The number of rotatable bonds is 2. The molecule has 0 amide bonds. The summed E-state index contributed by atoms with van der Waals surface area (Å²) in [5.41, 5.74) is 6.25. The fourth-order valence-corrected chi connectivity index (χ4v) is 4.64. The van der Waals surface area contributed by atoms with Gasteiger partial charge >= 0.3 is 0 Å². The molecule has 21 heavy (non-hydrogen) atoms. The van der Waals surface area contributed by atoms with E-state index in [9.17, 15) is 12.8 Å². The molecule has 7 heteroatoms. The Morgan fingerprint density at radius 1 is 1.33 bits per heavy atom. The van der Waals surface area contributed by atoms with Gasteiger partial charge in [0.25, 0.3) is 0 Å². The minimum Gasteiger partial charge on any atom is -0.396 e. The SMILES string of the molecule is Cc1cc(F)c(N)c(C)c1S(=O)(=O)N1CCN(C)C(C)C1. The molecule has 1 unspecified atom stereocenters. The summed E-state index contributed by atoms with van der Waals surface area (Å²) >= 11 is 0. The van der Waals surface area contributed by atoms with Gasteiger partial charge in [-0.1, -0.05) is 0 Å². The average molecular weight is 315 g/mol. The first-order valence-electron chi connectivity index (χ1n) is 6.91. The van der Waals surface area contributed by atoms with Gasteiger partial charge in [-0.3, -0.25) is 0 Å². The molecule has 1 aliphatic rings. The fourth-order valence-electron chi connectivity index (χ4n) is 2.69. The lowest BCUT2D eigenvalue weighted by Gasteiger charge is -2.37. The lowest BCUT2D eigenvalue weighted by atomic mass is 10.1. The maximum atomic E-state index is 13.6. The zero-order valence-corrected chi connectivity index (χ0v) is 13.7.